The highest BCUT2D eigenvalue weighted by molar-refractivity contribution is 5.77. The van der Waals surface area contributed by atoms with E-state index in [2.05, 4.69) is 24.4 Å². The molecule has 1 aliphatic carbocycles. The first kappa shape index (κ1) is 12.7. The van der Waals surface area contributed by atoms with Gasteiger partial charge in [-0.2, -0.15) is 0 Å². The van der Waals surface area contributed by atoms with Crippen LogP contribution >= 0.6 is 0 Å². The van der Waals surface area contributed by atoms with Crippen LogP contribution in [0.3, 0.4) is 0 Å². The zero-order valence-electron chi connectivity index (χ0n) is 11.4. The molecule has 2 aromatic rings. The number of nitrogens with two attached hydrogens (primary N) is 1. The molecule has 3 nitrogen and oxygen atoms in total. The Bertz CT molecular complexity index is 515. The van der Waals surface area contributed by atoms with Crippen LogP contribution in [0, 0.1) is 0 Å². The Labute approximate surface area is 114 Å². The van der Waals surface area contributed by atoms with Crippen molar-refractivity contribution < 1.29 is 4.42 Å². The van der Waals surface area contributed by atoms with E-state index in [9.17, 15) is 0 Å². The van der Waals surface area contributed by atoms with Gasteiger partial charge in [0.15, 0.2) is 0 Å². The Hall–Kier alpha value is -1.32. The maximum atomic E-state index is 6.04. The minimum atomic E-state index is 0.239. The first-order chi connectivity index (χ1) is 9.22. The maximum absolute atomic E-state index is 6.04. The molecule has 102 valence electrons. The van der Waals surface area contributed by atoms with Gasteiger partial charge in [-0.3, -0.25) is 0 Å². The zero-order chi connectivity index (χ0) is 13.2. The molecule has 1 aliphatic rings. The van der Waals surface area contributed by atoms with Crippen LogP contribution in [0.2, 0.25) is 0 Å². The van der Waals surface area contributed by atoms with E-state index in [-0.39, 0.29) is 6.04 Å². The van der Waals surface area contributed by atoms with Crippen molar-refractivity contribution in [3.8, 4) is 0 Å². The fraction of sp³-hybridized carbons (Fsp3) is 0.500. The second kappa shape index (κ2) is 5.35. The molecule has 3 atom stereocenters. The lowest BCUT2D eigenvalue weighted by Gasteiger charge is -2.29. The first-order valence-corrected chi connectivity index (χ1v) is 7.22. The molecule has 1 aromatic heterocycles. The Morgan fingerprint density at radius 3 is 2.95 bits per heavy atom. The summed E-state index contributed by atoms with van der Waals surface area (Å²) in [6.45, 7) is 2.16. The van der Waals surface area contributed by atoms with E-state index in [4.69, 9.17) is 10.2 Å². The largest absolute Gasteiger partial charge is 0.459 e. The normalized spacial score (nSPS) is 25.6. The number of hydrogen-bond donors (Lipinski definition) is 2. The molecule has 0 amide bonds. The van der Waals surface area contributed by atoms with Gasteiger partial charge in [-0.1, -0.05) is 24.6 Å². The molecule has 19 heavy (non-hydrogen) atoms. The lowest BCUT2D eigenvalue weighted by atomic mass is 9.91. The second-order valence-corrected chi connectivity index (χ2v) is 5.70. The van der Waals surface area contributed by atoms with Crippen molar-refractivity contribution >= 4 is 11.0 Å². The minimum Gasteiger partial charge on any atom is -0.459 e. The van der Waals surface area contributed by atoms with Crippen LogP contribution < -0.4 is 11.1 Å². The minimum absolute atomic E-state index is 0.239. The van der Waals surface area contributed by atoms with Crippen molar-refractivity contribution in [1.82, 2.24) is 5.32 Å². The van der Waals surface area contributed by atoms with Crippen molar-refractivity contribution in [3.63, 3.8) is 0 Å². The average molecular weight is 258 g/mol. The first-order valence-electron chi connectivity index (χ1n) is 7.22. The van der Waals surface area contributed by atoms with Crippen LogP contribution in [-0.2, 0) is 0 Å². The highest BCUT2D eigenvalue weighted by Crippen LogP contribution is 2.25. The van der Waals surface area contributed by atoms with E-state index >= 15 is 0 Å². The van der Waals surface area contributed by atoms with Crippen molar-refractivity contribution in [2.75, 3.05) is 0 Å². The molecular weight excluding hydrogens is 236 g/mol. The molecular formula is C16H22N2O. The van der Waals surface area contributed by atoms with E-state index in [1.807, 2.05) is 18.2 Å². The Balaban J connectivity index is 1.70. The van der Waals surface area contributed by atoms with Gasteiger partial charge in [-0.05, 0) is 38.3 Å². The lowest BCUT2D eigenvalue weighted by Crippen LogP contribution is -2.40. The molecule has 3 unspecified atom stereocenters. The summed E-state index contributed by atoms with van der Waals surface area (Å²) in [4.78, 5) is 0. The summed E-state index contributed by atoms with van der Waals surface area (Å²) in [7, 11) is 0. The Morgan fingerprint density at radius 2 is 2.16 bits per heavy atom. The van der Waals surface area contributed by atoms with Crippen molar-refractivity contribution in [2.24, 2.45) is 5.73 Å². The molecule has 3 rings (SSSR count). The summed E-state index contributed by atoms with van der Waals surface area (Å²) in [5.74, 6) is 1.01. The van der Waals surface area contributed by atoms with E-state index in [1.54, 1.807) is 0 Å². The molecule has 1 heterocycles. The van der Waals surface area contributed by atoms with Crippen LogP contribution in [0.4, 0.5) is 0 Å². The average Bonchev–Trinajstić information content (AvgIpc) is 2.82. The van der Waals surface area contributed by atoms with Gasteiger partial charge in [0.2, 0.25) is 0 Å². The molecule has 0 bridgehead atoms. The number of benzene rings is 1. The summed E-state index contributed by atoms with van der Waals surface area (Å²) >= 11 is 0. The van der Waals surface area contributed by atoms with Gasteiger partial charge in [-0.25, -0.2) is 0 Å². The second-order valence-electron chi connectivity index (χ2n) is 5.70. The quantitative estimate of drug-likeness (QED) is 0.887. The van der Waals surface area contributed by atoms with Crippen molar-refractivity contribution in [3.05, 3.63) is 36.1 Å². The predicted octanol–water partition coefficient (Wildman–Crippen LogP) is 3.35. The van der Waals surface area contributed by atoms with E-state index in [1.165, 1.54) is 18.2 Å². The zero-order valence-corrected chi connectivity index (χ0v) is 11.4. The van der Waals surface area contributed by atoms with Crippen LogP contribution in [0.5, 0.6) is 0 Å². The topological polar surface area (TPSA) is 51.2 Å². The predicted molar refractivity (Wildman–Crippen MR) is 78.0 cm³/mol. The van der Waals surface area contributed by atoms with Crippen molar-refractivity contribution in [2.45, 2.75) is 50.7 Å². The Kier molecular flexibility index (Phi) is 3.58. The number of furan rings is 1. The van der Waals surface area contributed by atoms with Crippen molar-refractivity contribution in [1.29, 1.82) is 0 Å². The molecule has 1 fully saturated rings. The SMILES string of the molecule is CC(NC1CCCC(N)C1)c1cc2ccccc2o1. The molecule has 0 radical (unpaired) electrons. The molecule has 1 saturated carbocycles. The number of para-hydroxylation sites is 1. The van der Waals surface area contributed by atoms with Gasteiger partial charge in [0, 0.05) is 17.5 Å². The van der Waals surface area contributed by atoms with Gasteiger partial charge in [0.05, 0.1) is 6.04 Å². The highest BCUT2D eigenvalue weighted by Gasteiger charge is 2.22. The summed E-state index contributed by atoms with van der Waals surface area (Å²) in [5, 5.41) is 4.83. The van der Waals surface area contributed by atoms with Crippen LogP contribution in [0.1, 0.15) is 44.4 Å². The maximum Gasteiger partial charge on any atom is 0.134 e. The van der Waals surface area contributed by atoms with Crippen LogP contribution in [0.15, 0.2) is 34.7 Å². The summed E-state index contributed by atoms with van der Waals surface area (Å²) < 4.78 is 5.90. The van der Waals surface area contributed by atoms with Crippen LogP contribution in [0.25, 0.3) is 11.0 Å². The third-order valence-electron chi connectivity index (χ3n) is 4.07. The van der Waals surface area contributed by atoms with Gasteiger partial charge in [0.25, 0.3) is 0 Å². The number of fused-ring (bicyclic) bond motifs is 1. The van der Waals surface area contributed by atoms with Gasteiger partial charge >= 0.3 is 0 Å². The summed E-state index contributed by atoms with van der Waals surface area (Å²) in [5.41, 5.74) is 7.00. The molecule has 0 aliphatic heterocycles. The third-order valence-corrected chi connectivity index (χ3v) is 4.07. The fourth-order valence-corrected chi connectivity index (χ4v) is 3.03. The van der Waals surface area contributed by atoms with E-state index in [0.717, 1.165) is 24.2 Å². The van der Waals surface area contributed by atoms with E-state index < -0.39 is 0 Å². The van der Waals surface area contributed by atoms with E-state index in [0.29, 0.717) is 12.1 Å². The van der Waals surface area contributed by atoms with Gasteiger partial charge < -0.3 is 15.5 Å². The summed E-state index contributed by atoms with van der Waals surface area (Å²) in [6.07, 6.45) is 4.69. The molecule has 0 saturated heterocycles. The van der Waals surface area contributed by atoms with Gasteiger partial charge in [-0.15, -0.1) is 0 Å². The van der Waals surface area contributed by atoms with Gasteiger partial charge in [0.1, 0.15) is 11.3 Å². The number of hydrogen-bond acceptors (Lipinski definition) is 3. The molecule has 3 N–H and O–H groups in total. The highest BCUT2D eigenvalue weighted by atomic mass is 16.3. The molecule has 0 spiro atoms. The molecule has 1 aromatic carbocycles. The van der Waals surface area contributed by atoms with Crippen LogP contribution in [-0.4, -0.2) is 12.1 Å². The lowest BCUT2D eigenvalue weighted by molar-refractivity contribution is 0.305. The standard InChI is InChI=1S/C16H22N2O/c1-11(18-14-7-4-6-13(17)10-14)16-9-12-5-2-3-8-15(12)19-16/h2-3,5,8-9,11,13-14,18H,4,6-7,10,17H2,1H3. The monoisotopic (exact) mass is 258 g/mol. The smallest absolute Gasteiger partial charge is 0.134 e. The summed E-state index contributed by atoms with van der Waals surface area (Å²) in [6, 6.07) is 11.4. The third kappa shape index (κ3) is 2.82. The molecule has 3 heteroatoms. The fourth-order valence-electron chi connectivity index (χ4n) is 3.03. The number of rotatable bonds is 3. The number of nitrogens with one attached hydrogen (secondary N) is 1. The Morgan fingerprint density at radius 1 is 1.32 bits per heavy atom.